The minimum atomic E-state index is -3.44. The number of nitrogens with two attached hydrogens (primary N) is 1. The van der Waals surface area contributed by atoms with Crippen molar-refractivity contribution < 1.29 is 12.8 Å². The summed E-state index contributed by atoms with van der Waals surface area (Å²) in [5, 5.41) is -0.126. The molecule has 0 unspecified atom stereocenters. The third kappa shape index (κ3) is 3.96. The van der Waals surface area contributed by atoms with Crippen LogP contribution in [0.5, 0.6) is 0 Å². The second kappa shape index (κ2) is 5.47. The normalized spacial score (nSPS) is 11.4. The van der Waals surface area contributed by atoms with Crippen LogP contribution in [0.2, 0.25) is 5.02 Å². The molecule has 0 aromatic heterocycles. The standard InChI is InChI=1S/C9H12ClFN2O2S/c10-8-6-7(2-3-9(8)11)13-16(14,15)5-1-4-12/h2-3,6,13H,1,4-5,12H2. The van der Waals surface area contributed by atoms with Crippen LogP contribution in [0, 0.1) is 5.82 Å². The van der Waals surface area contributed by atoms with Crippen LogP contribution < -0.4 is 10.5 Å². The number of halogens is 2. The average molecular weight is 267 g/mol. The number of sulfonamides is 1. The predicted octanol–water partition coefficient (Wildman–Crippen LogP) is 1.57. The Bertz CT molecular complexity index is 465. The van der Waals surface area contributed by atoms with E-state index >= 15 is 0 Å². The molecule has 0 saturated carbocycles. The zero-order valence-corrected chi connectivity index (χ0v) is 9.98. The molecular weight excluding hydrogens is 255 g/mol. The van der Waals surface area contributed by atoms with Crippen molar-refractivity contribution in [2.24, 2.45) is 5.73 Å². The van der Waals surface area contributed by atoms with Gasteiger partial charge in [0.05, 0.1) is 16.5 Å². The van der Waals surface area contributed by atoms with Crippen molar-refractivity contribution >= 4 is 27.3 Å². The van der Waals surface area contributed by atoms with Gasteiger partial charge in [0.25, 0.3) is 0 Å². The van der Waals surface area contributed by atoms with Gasteiger partial charge in [-0.05, 0) is 31.2 Å². The average Bonchev–Trinajstić information content (AvgIpc) is 2.20. The molecule has 4 nitrogen and oxygen atoms in total. The Kier molecular flexibility index (Phi) is 4.52. The second-order valence-electron chi connectivity index (χ2n) is 3.19. The molecule has 0 heterocycles. The molecule has 0 saturated heterocycles. The van der Waals surface area contributed by atoms with Crippen molar-refractivity contribution in [3.63, 3.8) is 0 Å². The minimum absolute atomic E-state index is 0.0709. The molecule has 0 aliphatic heterocycles. The molecule has 0 bridgehead atoms. The fourth-order valence-electron chi connectivity index (χ4n) is 1.06. The molecule has 0 spiro atoms. The van der Waals surface area contributed by atoms with Crippen molar-refractivity contribution in [3.8, 4) is 0 Å². The van der Waals surface area contributed by atoms with Gasteiger partial charge in [0, 0.05) is 0 Å². The number of rotatable bonds is 5. The first kappa shape index (κ1) is 13.2. The molecule has 7 heteroatoms. The quantitative estimate of drug-likeness (QED) is 0.850. The van der Waals surface area contributed by atoms with Crippen LogP contribution in [0.25, 0.3) is 0 Å². The lowest BCUT2D eigenvalue weighted by Crippen LogP contribution is -2.18. The van der Waals surface area contributed by atoms with Crippen molar-refractivity contribution in [2.75, 3.05) is 17.0 Å². The monoisotopic (exact) mass is 266 g/mol. The molecule has 3 N–H and O–H groups in total. The van der Waals surface area contributed by atoms with E-state index in [1.54, 1.807) is 0 Å². The molecule has 0 atom stereocenters. The van der Waals surface area contributed by atoms with E-state index in [2.05, 4.69) is 4.72 Å². The van der Waals surface area contributed by atoms with Crippen LogP contribution in [0.3, 0.4) is 0 Å². The number of hydrogen-bond donors (Lipinski definition) is 2. The predicted molar refractivity (Wildman–Crippen MR) is 62.5 cm³/mol. The van der Waals surface area contributed by atoms with Crippen LogP contribution in [-0.4, -0.2) is 20.7 Å². The first-order valence-electron chi connectivity index (χ1n) is 4.60. The number of nitrogens with one attached hydrogen (secondary N) is 1. The third-order valence-electron chi connectivity index (χ3n) is 1.81. The first-order chi connectivity index (χ1) is 7.44. The van der Waals surface area contributed by atoms with Crippen LogP contribution in [0.1, 0.15) is 6.42 Å². The molecule has 0 amide bonds. The highest BCUT2D eigenvalue weighted by atomic mass is 35.5. The van der Waals surface area contributed by atoms with E-state index in [-0.39, 0.29) is 16.5 Å². The topological polar surface area (TPSA) is 72.2 Å². The van der Waals surface area contributed by atoms with Crippen LogP contribution >= 0.6 is 11.6 Å². The van der Waals surface area contributed by atoms with E-state index in [0.717, 1.165) is 6.07 Å². The Hall–Kier alpha value is -0.850. The van der Waals surface area contributed by atoms with Gasteiger partial charge in [-0.1, -0.05) is 11.6 Å². The third-order valence-corrected chi connectivity index (χ3v) is 3.47. The highest BCUT2D eigenvalue weighted by Crippen LogP contribution is 2.20. The maximum absolute atomic E-state index is 12.8. The van der Waals surface area contributed by atoms with Crippen molar-refractivity contribution in [3.05, 3.63) is 29.0 Å². The summed E-state index contributed by atoms with van der Waals surface area (Å²) in [6.07, 6.45) is 0.365. The second-order valence-corrected chi connectivity index (χ2v) is 5.44. The van der Waals surface area contributed by atoms with E-state index in [4.69, 9.17) is 17.3 Å². The number of hydrogen-bond acceptors (Lipinski definition) is 3. The van der Waals surface area contributed by atoms with Gasteiger partial charge in [-0.3, -0.25) is 4.72 Å². The molecule has 1 aromatic carbocycles. The van der Waals surface area contributed by atoms with E-state index in [0.29, 0.717) is 13.0 Å². The molecule has 0 aliphatic rings. The minimum Gasteiger partial charge on any atom is -0.330 e. The lowest BCUT2D eigenvalue weighted by Gasteiger charge is -2.07. The molecule has 0 fully saturated rings. The highest BCUT2D eigenvalue weighted by Gasteiger charge is 2.10. The summed E-state index contributed by atoms with van der Waals surface area (Å²) in [7, 11) is -3.44. The summed E-state index contributed by atoms with van der Waals surface area (Å²) in [6, 6.07) is 3.63. The fraction of sp³-hybridized carbons (Fsp3) is 0.333. The van der Waals surface area contributed by atoms with Gasteiger partial charge >= 0.3 is 0 Å². The maximum atomic E-state index is 12.8. The first-order valence-corrected chi connectivity index (χ1v) is 6.63. The van der Waals surface area contributed by atoms with Gasteiger partial charge in [-0.25, -0.2) is 12.8 Å². The molecule has 0 radical (unpaired) electrons. The zero-order chi connectivity index (χ0) is 12.2. The summed E-state index contributed by atoms with van der Waals surface area (Å²) < 4.78 is 38.0. The molecule has 0 aliphatic carbocycles. The van der Waals surface area contributed by atoms with Gasteiger partial charge < -0.3 is 5.73 Å². The molecule has 1 rings (SSSR count). The summed E-state index contributed by atoms with van der Waals surface area (Å²) in [6.45, 7) is 0.297. The Labute approximate surface area is 98.6 Å². The van der Waals surface area contributed by atoms with Crippen molar-refractivity contribution in [2.45, 2.75) is 6.42 Å². The van der Waals surface area contributed by atoms with Crippen molar-refractivity contribution in [1.29, 1.82) is 0 Å². The molecule has 90 valence electrons. The van der Waals surface area contributed by atoms with Gasteiger partial charge in [-0.15, -0.1) is 0 Å². The Balaban J connectivity index is 2.76. The fourth-order valence-corrected chi connectivity index (χ4v) is 2.38. The number of anilines is 1. The zero-order valence-electron chi connectivity index (χ0n) is 8.41. The Morgan fingerprint density at radius 1 is 1.44 bits per heavy atom. The van der Waals surface area contributed by atoms with Crippen LogP contribution in [0.4, 0.5) is 10.1 Å². The Morgan fingerprint density at radius 3 is 2.69 bits per heavy atom. The Morgan fingerprint density at radius 2 is 2.12 bits per heavy atom. The van der Waals surface area contributed by atoms with E-state index < -0.39 is 15.8 Å². The van der Waals surface area contributed by atoms with Crippen LogP contribution in [-0.2, 0) is 10.0 Å². The van der Waals surface area contributed by atoms with E-state index in [9.17, 15) is 12.8 Å². The lowest BCUT2D eigenvalue weighted by molar-refractivity contribution is 0.598. The maximum Gasteiger partial charge on any atom is 0.232 e. The van der Waals surface area contributed by atoms with Gasteiger partial charge in [0.2, 0.25) is 10.0 Å². The smallest absolute Gasteiger partial charge is 0.232 e. The SMILES string of the molecule is NCCCS(=O)(=O)Nc1ccc(F)c(Cl)c1. The van der Waals surface area contributed by atoms with Gasteiger partial charge in [0.1, 0.15) is 5.82 Å². The summed E-state index contributed by atoms with van der Waals surface area (Å²) in [5.74, 6) is -0.662. The van der Waals surface area contributed by atoms with Gasteiger partial charge in [0.15, 0.2) is 0 Å². The summed E-state index contributed by atoms with van der Waals surface area (Å²) in [5.41, 5.74) is 5.45. The highest BCUT2D eigenvalue weighted by molar-refractivity contribution is 7.92. The largest absolute Gasteiger partial charge is 0.330 e. The molecule has 1 aromatic rings. The lowest BCUT2D eigenvalue weighted by atomic mass is 10.3. The van der Waals surface area contributed by atoms with Crippen molar-refractivity contribution in [1.82, 2.24) is 0 Å². The summed E-state index contributed by atoms with van der Waals surface area (Å²) in [4.78, 5) is 0. The van der Waals surface area contributed by atoms with E-state index in [1.807, 2.05) is 0 Å². The van der Waals surface area contributed by atoms with Crippen LogP contribution in [0.15, 0.2) is 18.2 Å². The van der Waals surface area contributed by atoms with Gasteiger partial charge in [-0.2, -0.15) is 0 Å². The number of benzene rings is 1. The molecular formula is C9H12ClFN2O2S. The summed E-state index contributed by atoms with van der Waals surface area (Å²) >= 11 is 5.52. The van der Waals surface area contributed by atoms with E-state index in [1.165, 1.54) is 12.1 Å². The molecule has 16 heavy (non-hydrogen) atoms.